The van der Waals surface area contributed by atoms with Crippen LogP contribution >= 0.6 is 11.8 Å². The fraction of sp³-hybridized carbons (Fsp3) is 1.00. The van der Waals surface area contributed by atoms with E-state index < -0.39 is 18.3 Å². The van der Waals surface area contributed by atoms with Gasteiger partial charge in [-0.3, -0.25) is 0 Å². The van der Waals surface area contributed by atoms with Crippen molar-refractivity contribution in [2.45, 2.75) is 30.0 Å². The number of thioether (sulfide) groups is 1. The highest BCUT2D eigenvalue weighted by Crippen LogP contribution is 2.28. The molecular weight excluding hydrogens is 180 g/mol. The Hall–Kier alpha value is 0.190. The first-order valence-electron chi connectivity index (χ1n) is 3.93. The number of hydrogen-bond acceptors (Lipinski definition) is 5. The van der Waals surface area contributed by atoms with E-state index in [9.17, 15) is 10.2 Å². The molecular formula is C7H14O4S. The number of aliphatic hydroxyl groups is 4. The third kappa shape index (κ3) is 2.11. The van der Waals surface area contributed by atoms with Crippen molar-refractivity contribution < 1.29 is 20.4 Å². The molecule has 1 aliphatic heterocycles. The monoisotopic (exact) mass is 194 g/mol. The molecule has 0 radical (unpaired) electrons. The van der Waals surface area contributed by atoms with E-state index in [1.54, 1.807) is 0 Å². The summed E-state index contributed by atoms with van der Waals surface area (Å²) in [6.45, 7) is -0.00244. The molecule has 1 aliphatic rings. The average Bonchev–Trinajstić information content (AvgIpc) is 2.07. The standard InChI is InChI=1S/C7H14O4S/c8-2-1-5-7(11)6(10)4(9)3-12-5/h4-11H,1-3H2. The molecule has 1 fully saturated rings. The van der Waals surface area contributed by atoms with Gasteiger partial charge in [0.2, 0.25) is 0 Å². The van der Waals surface area contributed by atoms with Gasteiger partial charge in [0.05, 0.1) is 12.2 Å². The Morgan fingerprint density at radius 2 is 1.83 bits per heavy atom. The second-order valence-corrected chi connectivity index (χ2v) is 4.20. The molecule has 0 amide bonds. The molecule has 4 nitrogen and oxygen atoms in total. The summed E-state index contributed by atoms with van der Waals surface area (Å²) >= 11 is 1.39. The van der Waals surface area contributed by atoms with Crippen LogP contribution in [0.1, 0.15) is 6.42 Å². The Balaban J connectivity index is 2.46. The number of rotatable bonds is 2. The largest absolute Gasteiger partial charge is 0.396 e. The highest BCUT2D eigenvalue weighted by molar-refractivity contribution is 8.00. The summed E-state index contributed by atoms with van der Waals surface area (Å²) in [6, 6.07) is 0. The topological polar surface area (TPSA) is 80.9 Å². The molecule has 0 aromatic carbocycles. The van der Waals surface area contributed by atoms with Crippen molar-refractivity contribution >= 4 is 11.8 Å². The quantitative estimate of drug-likeness (QED) is 0.433. The van der Waals surface area contributed by atoms with E-state index in [4.69, 9.17) is 10.2 Å². The summed E-state index contributed by atoms with van der Waals surface area (Å²) in [7, 11) is 0. The zero-order valence-electron chi connectivity index (χ0n) is 6.63. The van der Waals surface area contributed by atoms with Gasteiger partial charge in [0.15, 0.2) is 0 Å². The summed E-state index contributed by atoms with van der Waals surface area (Å²) in [5, 5.41) is 36.2. The second kappa shape index (κ2) is 4.43. The normalized spacial score (nSPS) is 43.0. The second-order valence-electron chi connectivity index (χ2n) is 2.93. The lowest BCUT2D eigenvalue weighted by atomic mass is 10.0. The van der Waals surface area contributed by atoms with Crippen LogP contribution < -0.4 is 0 Å². The highest BCUT2D eigenvalue weighted by Gasteiger charge is 2.36. The maximum atomic E-state index is 9.40. The van der Waals surface area contributed by atoms with Crippen LogP contribution in [0.5, 0.6) is 0 Å². The van der Waals surface area contributed by atoms with E-state index in [1.807, 2.05) is 0 Å². The van der Waals surface area contributed by atoms with Gasteiger partial charge in [-0.2, -0.15) is 11.8 Å². The molecule has 12 heavy (non-hydrogen) atoms. The van der Waals surface area contributed by atoms with Crippen LogP contribution in [-0.2, 0) is 0 Å². The molecule has 0 aromatic heterocycles. The zero-order chi connectivity index (χ0) is 9.14. The lowest BCUT2D eigenvalue weighted by molar-refractivity contribution is -0.0568. The van der Waals surface area contributed by atoms with Gasteiger partial charge in [-0.15, -0.1) is 0 Å². The molecule has 4 N–H and O–H groups in total. The predicted octanol–water partition coefficient (Wildman–Crippen LogP) is -1.43. The summed E-state index contributed by atoms with van der Waals surface area (Å²) < 4.78 is 0. The summed E-state index contributed by atoms with van der Waals surface area (Å²) in [5.41, 5.74) is 0. The van der Waals surface area contributed by atoms with Crippen LogP contribution in [0, 0.1) is 0 Å². The molecule has 0 bridgehead atoms. The Kier molecular flexibility index (Phi) is 3.79. The van der Waals surface area contributed by atoms with E-state index in [1.165, 1.54) is 11.8 Å². The molecule has 0 saturated carbocycles. The van der Waals surface area contributed by atoms with Crippen LogP contribution in [0.15, 0.2) is 0 Å². The van der Waals surface area contributed by atoms with E-state index in [2.05, 4.69) is 0 Å². The van der Waals surface area contributed by atoms with Crippen molar-refractivity contribution in [3.05, 3.63) is 0 Å². The Morgan fingerprint density at radius 1 is 1.17 bits per heavy atom. The summed E-state index contributed by atoms with van der Waals surface area (Å²) in [5.74, 6) is 0.420. The molecule has 0 aromatic rings. The van der Waals surface area contributed by atoms with Crippen molar-refractivity contribution in [2.75, 3.05) is 12.4 Å². The molecule has 4 unspecified atom stereocenters. The van der Waals surface area contributed by atoms with Gasteiger partial charge in [-0.25, -0.2) is 0 Å². The third-order valence-corrected chi connectivity index (χ3v) is 3.50. The SMILES string of the molecule is OCCC1SCC(O)C(O)C1O. The van der Waals surface area contributed by atoms with E-state index in [-0.39, 0.29) is 11.9 Å². The van der Waals surface area contributed by atoms with Crippen LogP contribution in [0.4, 0.5) is 0 Å². The maximum Gasteiger partial charge on any atom is 0.108 e. The van der Waals surface area contributed by atoms with Crippen LogP contribution in [0.2, 0.25) is 0 Å². The van der Waals surface area contributed by atoms with E-state index in [0.717, 1.165) is 0 Å². The van der Waals surface area contributed by atoms with Crippen LogP contribution in [-0.4, -0.2) is 56.3 Å². The minimum atomic E-state index is -1.07. The minimum absolute atomic E-state index is 0.00244. The third-order valence-electron chi connectivity index (χ3n) is 2.02. The smallest absolute Gasteiger partial charge is 0.108 e. The van der Waals surface area contributed by atoms with Crippen LogP contribution in [0.3, 0.4) is 0 Å². The first-order valence-corrected chi connectivity index (χ1v) is 4.98. The van der Waals surface area contributed by atoms with Crippen molar-refractivity contribution in [3.63, 3.8) is 0 Å². The van der Waals surface area contributed by atoms with Gasteiger partial charge in [0.1, 0.15) is 6.10 Å². The molecule has 1 heterocycles. The number of hydrogen-bond donors (Lipinski definition) is 4. The van der Waals surface area contributed by atoms with Gasteiger partial charge >= 0.3 is 0 Å². The lowest BCUT2D eigenvalue weighted by Gasteiger charge is -2.34. The van der Waals surface area contributed by atoms with Crippen molar-refractivity contribution in [1.82, 2.24) is 0 Å². The summed E-state index contributed by atoms with van der Waals surface area (Å²) in [6.07, 6.45) is -2.39. The first kappa shape index (κ1) is 10.3. The van der Waals surface area contributed by atoms with Crippen molar-refractivity contribution in [2.24, 2.45) is 0 Å². The summed E-state index contributed by atoms with van der Waals surface area (Å²) in [4.78, 5) is 0. The molecule has 4 atom stereocenters. The van der Waals surface area contributed by atoms with E-state index >= 15 is 0 Å². The van der Waals surface area contributed by atoms with Crippen molar-refractivity contribution in [1.29, 1.82) is 0 Å². The van der Waals surface area contributed by atoms with E-state index in [0.29, 0.717) is 12.2 Å². The number of aliphatic hydroxyl groups excluding tert-OH is 4. The molecule has 5 heteroatoms. The maximum absolute atomic E-state index is 9.40. The fourth-order valence-corrected chi connectivity index (χ4v) is 2.52. The Labute approximate surface area is 75.2 Å². The fourth-order valence-electron chi connectivity index (χ4n) is 1.25. The highest BCUT2D eigenvalue weighted by atomic mass is 32.2. The van der Waals surface area contributed by atoms with Gasteiger partial charge in [0, 0.05) is 17.6 Å². The molecule has 1 rings (SSSR count). The first-order chi connectivity index (χ1) is 5.66. The molecule has 1 saturated heterocycles. The Bertz CT molecular complexity index is 143. The van der Waals surface area contributed by atoms with Gasteiger partial charge in [0.25, 0.3) is 0 Å². The predicted molar refractivity (Wildman–Crippen MR) is 46.0 cm³/mol. The van der Waals surface area contributed by atoms with Crippen molar-refractivity contribution in [3.8, 4) is 0 Å². The van der Waals surface area contributed by atoms with Gasteiger partial charge in [-0.05, 0) is 6.42 Å². The van der Waals surface area contributed by atoms with Gasteiger partial charge in [-0.1, -0.05) is 0 Å². The molecule has 72 valence electrons. The average molecular weight is 194 g/mol. The molecule has 0 aliphatic carbocycles. The van der Waals surface area contributed by atoms with Crippen LogP contribution in [0.25, 0.3) is 0 Å². The minimum Gasteiger partial charge on any atom is -0.396 e. The lowest BCUT2D eigenvalue weighted by Crippen LogP contribution is -2.49. The Morgan fingerprint density at radius 3 is 2.42 bits per heavy atom. The van der Waals surface area contributed by atoms with Gasteiger partial charge < -0.3 is 20.4 Å². The molecule has 0 spiro atoms. The zero-order valence-corrected chi connectivity index (χ0v) is 7.44.